The Balaban J connectivity index is 2.63. The lowest BCUT2D eigenvalue weighted by Crippen LogP contribution is -2.01. The molecule has 3 nitrogen and oxygen atoms in total. The zero-order valence-corrected chi connectivity index (χ0v) is 7.99. The van der Waals surface area contributed by atoms with E-state index in [1.807, 2.05) is 17.5 Å². The topological polar surface area (TPSA) is 30.2 Å². The molecule has 0 unspecified atom stereocenters. The molecular weight excluding hydrogens is 162 g/mol. The van der Waals surface area contributed by atoms with Gasteiger partial charge in [-0.05, 0) is 19.4 Å². The first-order valence-electron chi connectivity index (χ1n) is 4.61. The molecule has 0 N–H and O–H groups in total. The van der Waals surface area contributed by atoms with E-state index in [0.29, 0.717) is 0 Å². The van der Waals surface area contributed by atoms with Crippen molar-refractivity contribution >= 4 is 5.65 Å². The standard InChI is InChI=1S/C10H13N3/c1-3-4-9-7-8(2)12-10-5-6-11-13(9)10/h5-7H,3-4H2,1-2H3. The molecule has 13 heavy (non-hydrogen) atoms. The van der Waals surface area contributed by atoms with Crippen LogP contribution in [0.5, 0.6) is 0 Å². The summed E-state index contributed by atoms with van der Waals surface area (Å²) in [5.74, 6) is 0. The molecule has 2 heterocycles. The summed E-state index contributed by atoms with van der Waals surface area (Å²) in [6, 6.07) is 4.04. The molecule has 68 valence electrons. The molecule has 0 aliphatic rings. The third-order valence-corrected chi connectivity index (χ3v) is 2.07. The maximum atomic E-state index is 4.38. The third-order valence-electron chi connectivity index (χ3n) is 2.07. The second-order valence-corrected chi connectivity index (χ2v) is 3.24. The lowest BCUT2D eigenvalue weighted by Gasteiger charge is -2.03. The minimum absolute atomic E-state index is 0.948. The van der Waals surface area contributed by atoms with Crippen LogP contribution in [0.4, 0.5) is 0 Å². The lowest BCUT2D eigenvalue weighted by molar-refractivity contribution is 0.791. The van der Waals surface area contributed by atoms with Crippen LogP contribution in [-0.4, -0.2) is 14.6 Å². The third kappa shape index (κ3) is 1.41. The van der Waals surface area contributed by atoms with Crippen molar-refractivity contribution in [3.05, 3.63) is 29.7 Å². The first kappa shape index (κ1) is 8.23. The van der Waals surface area contributed by atoms with E-state index in [2.05, 4.69) is 23.1 Å². The predicted molar refractivity (Wildman–Crippen MR) is 51.7 cm³/mol. The van der Waals surface area contributed by atoms with E-state index in [4.69, 9.17) is 0 Å². The molecule has 2 aromatic rings. The van der Waals surface area contributed by atoms with Crippen molar-refractivity contribution in [3.8, 4) is 0 Å². The van der Waals surface area contributed by atoms with Gasteiger partial charge in [-0.2, -0.15) is 5.10 Å². The fraction of sp³-hybridized carbons (Fsp3) is 0.400. The molecule has 2 aromatic heterocycles. The Morgan fingerprint density at radius 2 is 2.31 bits per heavy atom. The maximum absolute atomic E-state index is 4.38. The normalized spacial score (nSPS) is 10.9. The highest BCUT2D eigenvalue weighted by Crippen LogP contribution is 2.08. The molecule has 0 fully saturated rings. The van der Waals surface area contributed by atoms with Crippen molar-refractivity contribution in [2.75, 3.05) is 0 Å². The van der Waals surface area contributed by atoms with Crippen LogP contribution in [0.2, 0.25) is 0 Å². The first-order chi connectivity index (χ1) is 6.31. The second kappa shape index (κ2) is 3.17. The maximum Gasteiger partial charge on any atom is 0.155 e. The van der Waals surface area contributed by atoms with Gasteiger partial charge in [0.05, 0.1) is 6.20 Å². The van der Waals surface area contributed by atoms with Crippen LogP contribution in [0.15, 0.2) is 18.3 Å². The van der Waals surface area contributed by atoms with Gasteiger partial charge in [-0.1, -0.05) is 13.3 Å². The number of rotatable bonds is 2. The Bertz CT molecular complexity index is 417. The van der Waals surface area contributed by atoms with E-state index in [0.717, 1.165) is 24.2 Å². The minimum Gasteiger partial charge on any atom is -0.234 e. The molecular formula is C10H13N3. The summed E-state index contributed by atoms with van der Waals surface area (Å²) in [4.78, 5) is 4.38. The second-order valence-electron chi connectivity index (χ2n) is 3.24. The Labute approximate surface area is 77.4 Å². The van der Waals surface area contributed by atoms with Gasteiger partial charge in [0.15, 0.2) is 5.65 Å². The summed E-state index contributed by atoms with van der Waals surface area (Å²) >= 11 is 0. The number of aromatic nitrogens is 3. The van der Waals surface area contributed by atoms with Crippen LogP contribution in [0.3, 0.4) is 0 Å². The van der Waals surface area contributed by atoms with Gasteiger partial charge in [-0.15, -0.1) is 0 Å². The highest BCUT2D eigenvalue weighted by atomic mass is 15.2. The molecule has 0 bridgehead atoms. The number of hydrogen-bond donors (Lipinski definition) is 0. The number of fused-ring (bicyclic) bond motifs is 1. The average Bonchev–Trinajstić information content (AvgIpc) is 2.52. The van der Waals surface area contributed by atoms with Gasteiger partial charge in [-0.3, -0.25) is 0 Å². The van der Waals surface area contributed by atoms with Crippen molar-refractivity contribution in [3.63, 3.8) is 0 Å². The molecule has 3 heteroatoms. The van der Waals surface area contributed by atoms with Gasteiger partial charge < -0.3 is 0 Å². The number of aryl methyl sites for hydroxylation is 2. The largest absolute Gasteiger partial charge is 0.234 e. The van der Waals surface area contributed by atoms with Crippen molar-refractivity contribution < 1.29 is 0 Å². The van der Waals surface area contributed by atoms with E-state index in [9.17, 15) is 0 Å². The zero-order chi connectivity index (χ0) is 9.26. The Morgan fingerprint density at radius 1 is 1.46 bits per heavy atom. The molecule has 0 spiro atoms. The number of hydrogen-bond acceptors (Lipinski definition) is 2. The highest BCUT2D eigenvalue weighted by Gasteiger charge is 2.02. The monoisotopic (exact) mass is 175 g/mol. The summed E-state index contributed by atoms with van der Waals surface area (Å²) in [6.45, 7) is 4.19. The van der Waals surface area contributed by atoms with Gasteiger partial charge in [0.2, 0.25) is 0 Å². The van der Waals surface area contributed by atoms with Crippen LogP contribution in [0, 0.1) is 6.92 Å². The van der Waals surface area contributed by atoms with Gasteiger partial charge in [0, 0.05) is 17.5 Å². The summed E-state index contributed by atoms with van der Waals surface area (Å²) in [5.41, 5.74) is 3.26. The Hall–Kier alpha value is -1.38. The highest BCUT2D eigenvalue weighted by molar-refractivity contribution is 5.38. The Morgan fingerprint density at radius 3 is 3.08 bits per heavy atom. The fourth-order valence-electron chi connectivity index (χ4n) is 1.55. The van der Waals surface area contributed by atoms with Crippen molar-refractivity contribution in [2.24, 2.45) is 0 Å². The molecule has 0 amide bonds. The molecule has 2 rings (SSSR count). The van der Waals surface area contributed by atoms with E-state index in [-0.39, 0.29) is 0 Å². The molecule has 0 aromatic carbocycles. The SMILES string of the molecule is CCCc1cc(C)nc2ccnn12. The fourth-order valence-corrected chi connectivity index (χ4v) is 1.55. The van der Waals surface area contributed by atoms with Gasteiger partial charge in [0.25, 0.3) is 0 Å². The average molecular weight is 175 g/mol. The van der Waals surface area contributed by atoms with E-state index < -0.39 is 0 Å². The molecule has 0 atom stereocenters. The van der Waals surface area contributed by atoms with Gasteiger partial charge >= 0.3 is 0 Å². The van der Waals surface area contributed by atoms with Crippen molar-refractivity contribution in [1.82, 2.24) is 14.6 Å². The number of nitrogens with zero attached hydrogens (tertiary/aromatic N) is 3. The first-order valence-corrected chi connectivity index (χ1v) is 4.61. The summed E-state index contributed by atoms with van der Waals surface area (Å²) < 4.78 is 1.91. The van der Waals surface area contributed by atoms with E-state index in [1.165, 1.54) is 5.69 Å². The van der Waals surface area contributed by atoms with Crippen LogP contribution in [0.25, 0.3) is 5.65 Å². The molecule has 0 saturated heterocycles. The molecule has 0 saturated carbocycles. The molecule has 0 radical (unpaired) electrons. The van der Waals surface area contributed by atoms with Crippen LogP contribution < -0.4 is 0 Å². The minimum atomic E-state index is 0.948. The summed E-state index contributed by atoms with van der Waals surface area (Å²) in [7, 11) is 0. The van der Waals surface area contributed by atoms with Crippen molar-refractivity contribution in [1.29, 1.82) is 0 Å². The smallest absolute Gasteiger partial charge is 0.155 e. The predicted octanol–water partition coefficient (Wildman–Crippen LogP) is 1.99. The van der Waals surface area contributed by atoms with Crippen LogP contribution in [0.1, 0.15) is 24.7 Å². The molecule has 0 aliphatic carbocycles. The zero-order valence-electron chi connectivity index (χ0n) is 7.99. The Kier molecular flexibility index (Phi) is 2.00. The van der Waals surface area contributed by atoms with Crippen LogP contribution >= 0.6 is 0 Å². The van der Waals surface area contributed by atoms with E-state index in [1.54, 1.807) is 6.20 Å². The summed E-state index contributed by atoms with van der Waals surface area (Å²) in [5, 5.41) is 4.23. The lowest BCUT2D eigenvalue weighted by atomic mass is 10.2. The van der Waals surface area contributed by atoms with Gasteiger partial charge in [0.1, 0.15) is 0 Å². The molecule has 0 aliphatic heterocycles. The van der Waals surface area contributed by atoms with Crippen molar-refractivity contribution in [2.45, 2.75) is 26.7 Å². The van der Waals surface area contributed by atoms with Gasteiger partial charge in [-0.25, -0.2) is 9.50 Å². The summed E-state index contributed by atoms with van der Waals surface area (Å²) in [6.07, 6.45) is 3.99. The van der Waals surface area contributed by atoms with E-state index >= 15 is 0 Å². The van der Waals surface area contributed by atoms with Crippen LogP contribution in [-0.2, 0) is 6.42 Å². The quantitative estimate of drug-likeness (QED) is 0.698.